The molecule has 1 rings (SSSR count). The zero-order valence-electron chi connectivity index (χ0n) is 9.20. The van der Waals surface area contributed by atoms with E-state index in [0.29, 0.717) is 12.3 Å². The van der Waals surface area contributed by atoms with E-state index in [0.717, 1.165) is 18.5 Å². The summed E-state index contributed by atoms with van der Waals surface area (Å²) in [4.78, 5) is 0. The highest BCUT2D eigenvalue weighted by atomic mass is 32.2. The number of halogens is 1. The van der Waals surface area contributed by atoms with Crippen molar-refractivity contribution in [2.45, 2.75) is 13.0 Å². The van der Waals surface area contributed by atoms with Gasteiger partial charge in [0.15, 0.2) is 11.6 Å². The minimum absolute atomic E-state index is 0.329. The molecule has 0 aromatic heterocycles. The molecule has 0 aliphatic rings. The molecule has 0 radical (unpaired) electrons. The maximum absolute atomic E-state index is 12.9. The van der Waals surface area contributed by atoms with E-state index in [1.54, 1.807) is 12.3 Å². The van der Waals surface area contributed by atoms with Crippen molar-refractivity contribution in [1.29, 1.82) is 0 Å². The van der Waals surface area contributed by atoms with Gasteiger partial charge in [-0.15, -0.1) is 0 Å². The number of phenolic OH excluding ortho intramolecular Hbond substituents is 1. The van der Waals surface area contributed by atoms with Crippen LogP contribution in [0, 0.1) is 5.82 Å². The van der Waals surface area contributed by atoms with Crippen LogP contribution in [0.15, 0.2) is 18.2 Å². The van der Waals surface area contributed by atoms with Gasteiger partial charge in [-0.25, -0.2) is 4.39 Å². The van der Waals surface area contributed by atoms with E-state index in [2.05, 4.69) is 5.32 Å². The van der Waals surface area contributed by atoms with Crippen LogP contribution >= 0.6 is 0 Å². The summed E-state index contributed by atoms with van der Waals surface area (Å²) in [7, 11) is -0.753. The minimum atomic E-state index is -0.753. The number of hydrogen-bond acceptors (Lipinski definition) is 3. The van der Waals surface area contributed by atoms with Gasteiger partial charge in [0.25, 0.3) is 0 Å². The summed E-state index contributed by atoms with van der Waals surface area (Å²) in [6.07, 6.45) is 2.51. The van der Waals surface area contributed by atoms with Crippen LogP contribution < -0.4 is 5.32 Å². The van der Waals surface area contributed by atoms with Gasteiger partial charge in [0.1, 0.15) is 0 Å². The summed E-state index contributed by atoms with van der Waals surface area (Å²) in [5, 5.41) is 12.1. The first-order valence-electron chi connectivity index (χ1n) is 5.07. The standard InChI is InChI=1S/C11H16FNO2S/c1-16(15)6-2-5-13-8-9-3-4-11(14)10(12)7-9/h3-4,7,13-14H,2,5-6,8H2,1H3. The molecule has 90 valence electrons. The molecule has 1 aromatic rings. The largest absolute Gasteiger partial charge is 0.505 e. The maximum atomic E-state index is 12.9. The molecular weight excluding hydrogens is 229 g/mol. The molecule has 16 heavy (non-hydrogen) atoms. The maximum Gasteiger partial charge on any atom is 0.165 e. The monoisotopic (exact) mass is 245 g/mol. The number of hydrogen-bond donors (Lipinski definition) is 2. The average Bonchev–Trinajstić information content (AvgIpc) is 2.22. The van der Waals surface area contributed by atoms with Crippen LogP contribution in [0.1, 0.15) is 12.0 Å². The number of benzene rings is 1. The topological polar surface area (TPSA) is 49.3 Å². The Kier molecular flexibility index (Phi) is 5.42. The van der Waals surface area contributed by atoms with E-state index >= 15 is 0 Å². The molecule has 3 nitrogen and oxygen atoms in total. The Balaban J connectivity index is 2.27. The van der Waals surface area contributed by atoms with E-state index < -0.39 is 16.6 Å². The highest BCUT2D eigenvalue weighted by Crippen LogP contribution is 2.15. The predicted octanol–water partition coefficient (Wildman–Crippen LogP) is 1.39. The highest BCUT2D eigenvalue weighted by Gasteiger charge is 2.01. The molecule has 0 saturated carbocycles. The molecule has 0 aliphatic heterocycles. The summed E-state index contributed by atoms with van der Waals surface area (Å²) < 4.78 is 23.7. The molecule has 0 saturated heterocycles. The van der Waals surface area contributed by atoms with Crippen molar-refractivity contribution in [2.75, 3.05) is 18.6 Å². The van der Waals surface area contributed by atoms with Gasteiger partial charge in [-0.3, -0.25) is 4.21 Å². The Morgan fingerprint density at radius 3 is 2.88 bits per heavy atom. The summed E-state index contributed by atoms with van der Waals surface area (Å²) >= 11 is 0. The Bertz CT molecular complexity index is 371. The van der Waals surface area contributed by atoms with Gasteiger partial charge in [-0.1, -0.05) is 6.07 Å². The molecule has 0 amide bonds. The SMILES string of the molecule is CS(=O)CCCNCc1ccc(O)c(F)c1. The summed E-state index contributed by atoms with van der Waals surface area (Å²) in [5.41, 5.74) is 0.785. The van der Waals surface area contributed by atoms with Gasteiger partial charge < -0.3 is 10.4 Å². The lowest BCUT2D eigenvalue weighted by Crippen LogP contribution is -2.16. The minimum Gasteiger partial charge on any atom is -0.505 e. The molecule has 2 N–H and O–H groups in total. The lowest BCUT2D eigenvalue weighted by molar-refractivity contribution is 0.431. The first-order chi connectivity index (χ1) is 7.59. The third-order valence-electron chi connectivity index (χ3n) is 2.13. The molecule has 0 heterocycles. The van der Waals surface area contributed by atoms with Crippen LogP contribution in [0.5, 0.6) is 5.75 Å². The fourth-order valence-corrected chi connectivity index (χ4v) is 1.84. The molecule has 1 atom stereocenters. The van der Waals surface area contributed by atoms with Crippen LogP contribution in [0.3, 0.4) is 0 Å². The predicted molar refractivity (Wildman–Crippen MR) is 63.3 cm³/mol. The van der Waals surface area contributed by atoms with Crippen molar-refractivity contribution in [2.24, 2.45) is 0 Å². The van der Waals surface area contributed by atoms with E-state index in [4.69, 9.17) is 5.11 Å². The van der Waals surface area contributed by atoms with E-state index in [-0.39, 0.29) is 5.75 Å². The first-order valence-corrected chi connectivity index (χ1v) is 6.80. The zero-order chi connectivity index (χ0) is 12.0. The van der Waals surface area contributed by atoms with Crippen LogP contribution in [0.4, 0.5) is 4.39 Å². The van der Waals surface area contributed by atoms with Gasteiger partial charge in [0, 0.05) is 29.4 Å². The van der Waals surface area contributed by atoms with E-state index in [9.17, 15) is 8.60 Å². The Morgan fingerprint density at radius 1 is 1.50 bits per heavy atom. The second-order valence-corrected chi connectivity index (χ2v) is 5.15. The number of nitrogens with one attached hydrogen (secondary N) is 1. The third kappa shape index (κ3) is 4.72. The number of rotatable bonds is 6. The fourth-order valence-electron chi connectivity index (χ4n) is 1.29. The Morgan fingerprint density at radius 2 is 2.25 bits per heavy atom. The average molecular weight is 245 g/mol. The van der Waals surface area contributed by atoms with E-state index in [1.807, 2.05) is 0 Å². The molecule has 0 fully saturated rings. The second-order valence-electron chi connectivity index (χ2n) is 3.59. The van der Waals surface area contributed by atoms with Crippen molar-refractivity contribution in [3.8, 4) is 5.75 Å². The van der Waals surface area contributed by atoms with Crippen LogP contribution in [-0.2, 0) is 17.3 Å². The summed E-state index contributed by atoms with van der Waals surface area (Å²) in [6, 6.07) is 4.32. The smallest absolute Gasteiger partial charge is 0.165 e. The van der Waals surface area contributed by atoms with Crippen LogP contribution in [-0.4, -0.2) is 27.9 Å². The van der Waals surface area contributed by atoms with Crippen LogP contribution in [0.2, 0.25) is 0 Å². The molecule has 0 spiro atoms. The van der Waals surface area contributed by atoms with Gasteiger partial charge >= 0.3 is 0 Å². The van der Waals surface area contributed by atoms with E-state index in [1.165, 1.54) is 12.1 Å². The van der Waals surface area contributed by atoms with Gasteiger partial charge in [0.2, 0.25) is 0 Å². The highest BCUT2D eigenvalue weighted by molar-refractivity contribution is 7.84. The molecule has 1 unspecified atom stereocenters. The molecular formula is C11H16FNO2S. The van der Waals surface area contributed by atoms with Crippen molar-refractivity contribution in [1.82, 2.24) is 5.32 Å². The van der Waals surface area contributed by atoms with Crippen molar-refractivity contribution in [3.63, 3.8) is 0 Å². The lowest BCUT2D eigenvalue weighted by Gasteiger charge is -2.05. The zero-order valence-corrected chi connectivity index (χ0v) is 10.0. The van der Waals surface area contributed by atoms with Gasteiger partial charge in [-0.05, 0) is 30.7 Å². The molecule has 5 heteroatoms. The number of aromatic hydroxyl groups is 1. The van der Waals surface area contributed by atoms with Crippen LogP contribution in [0.25, 0.3) is 0 Å². The summed E-state index contributed by atoms with van der Waals surface area (Å²) in [5.74, 6) is -0.254. The van der Waals surface area contributed by atoms with Crippen molar-refractivity contribution >= 4 is 10.8 Å². The Labute approximate surface area is 97.1 Å². The molecule has 0 bridgehead atoms. The first kappa shape index (κ1) is 13.1. The Hall–Kier alpha value is -0.940. The van der Waals surface area contributed by atoms with Gasteiger partial charge in [0.05, 0.1) is 0 Å². The second kappa shape index (κ2) is 6.60. The normalized spacial score (nSPS) is 12.6. The quantitative estimate of drug-likeness (QED) is 0.745. The molecule has 1 aromatic carbocycles. The van der Waals surface area contributed by atoms with Gasteiger partial charge in [-0.2, -0.15) is 0 Å². The lowest BCUT2D eigenvalue weighted by atomic mass is 10.2. The third-order valence-corrected chi connectivity index (χ3v) is 2.99. The molecule has 0 aliphatic carbocycles. The van der Waals surface area contributed by atoms with Crippen molar-refractivity contribution in [3.05, 3.63) is 29.6 Å². The fraction of sp³-hybridized carbons (Fsp3) is 0.455. The summed E-state index contributed by atoms with van der Waals surface area (Å²) in [6.45, 7) is 1.30. The van der Waals surface area contributed by atoms with Crippen molar-refractivity contribution < 1.29 is 13.7 Å². The number of phenols is 1.